The zero-order valence-electron chi connectivity index (χ0n) is 15.6. The summed E-state index contributed by atoms with van der Waals surface area (Å²) in [4.78, 5) is 3.42. The average Bonchev–Trinajstić information content (AvgIpc) is 2.67. The number of benzene rings is 2. The molecule has 0 fully saturated rings. The normalized spacial score (nSPS) is 16.8. The van der Waals surface area contributed by atoms with Crippen molar-refractivity contribution in [3.05, 3.63) is 77.6 Å². The van der Waals surface area contributed by atoms with Gasteiger partial charge in [0.05, 0.1) is 11.8 Å². The van der Waals surface area contributed by atoms with E-state index in [0.717, 1.165) is 28.5 Å². The second-order valence-corrected chi connectivity index (χ2v) is 6.68. The van der Waals surface area contributed by atoms with Gasteiger partial charge in [0, 0.05) is 5.56 Å². The summed E-state index contributed by atoms with van der Waals surface area (Å²) in [6.45, 7) is 6.23. The van der Waals surface area contributed by atoms with Crippen LogP contribution in [0.25, 0.3) is 5.70 Å². The zero-order chi connectivity index (χ0) is 18.5. The van der Waals surface area contributed by atoms with Gasteiger partial charge in [0.2, 0.25) is 0 Å². The summed E-state index contributed by atoms with van der Waals surface area (Å²) in [5, 5.41) is 7.78. The van der Waals surface area contributed by atoms with Crippen molar-refractivity contribution in [2.45, 2.75) is 26.8 Å². The van der Waals surface area contributed by atoms with E-state index in [1.165, 1.54) is 12.1 Å². The van der Waals surface area contributed by atoms with Crippen molar-refractivity contribution < 1.29 is 21.8 Å². The molecule has 0 aliphatic carbocycles. The van der Waals surface area contributed by atoms with Crippen LogP contribution >= 0.6 is 0 Å². The van der Waals surface area contributed by atoms with Gasteiger partial charge in [0.1, 0.15) is 11.5 Å². The highest BCUT2D eigenvalue weighted by atomic mass is 35.5. The Morgan fingerprint density at radius 1 is 1.11 bits per heavy atom. The molecule has 0 radical (unpaired) electrons. The van der Waals surface area contributed by atoms with Gasteiger partial charge in [-0.1, -0.05) is 56.3 Å². The summed E-state index contributed by atoms with van der Waals surface area (Å²) >= 11 is 0. The number of hydrogen-bond acceptors (Lipinski definition) is 3. The van der Waals surface area contributed by atoms with Crippen LogP contribution in [0.15, 0.2) is 65.8 Å². The standard InChI is InChI=1S/C21H23FN4.ClH/c1-14(2)19-13-20(17-7-5-4-6-8-17)24-21(23-19)26-25-15(3)16-9-11-18(22)12-10-16;/h4-14,19H,1-3H3,(H2,23,24,26);1H/b25-15+;. The van der Waals surface area contributed by atoms with Gasteiger partial charge < -0.3 is 12.4 Å². The Kier molecular flexibility index (Phi) is 7.13. The number of hydrogen-bond donors (Lipinski definition) is 3. The summed E-state index contributed by atoms with van der Waals surface area (Å²) in [6, 6.07) is 16.7. The fourth-order valence-corrected chi connectivity index (χ4v) is 2.70. The maximum Gasteiger partial charge on any atom is 0.372 e. The van der Waals surface area contributed by atoms with E-state index >= 15 is 0 Å². The number of hydrazone groups is 1. The van der Waals surface area contributed by atoms with E-state index in [1.54, 1.807) is 12.1 Å². The molecule has 1 atom stereocenters. The lowest BCUT2D eigenvalue weighted by molar-refractivity contribution is -0.503. The van der Waals surface area contributed by atoms with E-state index in [0.29, 0.717) is 5.92 Å². The molecule has 0 amide bonds. The minimum absolute atomic E-state index is 0. The Morgan fingerprint density at radius 3 is 2.41 bits per heavy atom. The van der Waals surface area contributed by atoms with Crippen LogP contribution in [0.3, 0.4) is 0 Å². The lowest BCUT2D eigenvalue weighted by Crippen LogP contribution is -3.00. The number of guanidine groups is 1. The highest BCUT2D eigenvalue weighted by Gasteiger charge is 2.23. The molecule has 0 spiro atoms. The monoisotopic (exact) mass is 386 g/mol. The Hall–Kier alpha value is -2.66. The molecule has 3 N–H and O–H groups in total. The first-order valence-electron chi connectivity index (χ1n) is 8.77. The summed E-state index contributed by atoms with van der Waals surface area (Å²) in [7, 11) is 0. The van der Waals surface area contributed by atoms with E-state index < -0.39 is 0 Å². The minimum atomic E-state index is -0.253. The van der Waals surface area contributed by atoms with Crippen LogP contribution in [0, 0.1) is 11.7 Å². The van der Waals surface area contributed by atoms with Crippen LogP contribution in [0.4, 0.5) is 4.39 Å². The Balaban J connectivity index is 0.00000261. The van der Waals surface area contributed by atoms with Gasteiger partial charge in [-0.3, -0.25) is 4.99 Å². The molecule has 1 aliphatic rings. The second kappa shape index (κ2) is 9.33. The largest absolute Gasteiger partial charge is 1.00 e. The van der Waals surface area contributed by atoms with Crippen LogP contribution < -0.4 is 28.1 Å². The van der Waals surface area contributed by atoms with Crippen molar-refractivity contribution in [1.82, 2.24) is 10.7 Å². The summed E-state index contributed by atoms with van der Waals surface area (Å²) in [5.74, 6) is 0.901. The fourth-order valence-electron chi connectivity index (χ4n) is 2.70. The molecular weight excluding hydrogens is 363 g/mol. The lowest BCUT2D eigenvalue weighted by atomic mass is 10.0. The van der Waals surface area contributed by atoms with Gasteiger partial charge in [-0.05, 0) is 36.6 Å². The van der Waals surface area contributed by atoms with E-state index in [9.17, 15) is 4.39 Å². The molecule has 0 bridgehead atoms. The quantitative estimate of drug-likeness (QED) is 0.478. The van der Waals surface area contributed by atoms with Gasteiger partial charge in [-0.2, -0.15) is 5.43 Å². The van der Waals surface area contributed by atoms with Crippen LogP contribution in [0.1, 0.15) is 31.9 Å². The highest BCUT2D eigenvalue weighted by Crippen LogP contribution is 2.14. The van der Waals surface area contributed by atoms with Crippen molar-refractivity contribution in [2.24, 2.45) is 11.0 Å². The molecule has 1 heterocycles. The molecule has 27 heavy (non-hydrogen) atoms. The first-order valence-corrected chi connectivity index (χ1v) is 8.77. The predicted octanol–water partition coefficient (Wildman–Crippen LogP) is -0.751. The first kappa shape index (κ1) is 20.6. The van der Waals surface area contributed by atoms with Gasteiger partial charge in [0.25, 0.3) is 0 Å². The lowest BCUT2D eigenvalue weighted by Gasteiger charge is -2.19. The highest BCUT2D eigenvalue weighted by molar-refractivity contribution is 5.99. The van der Waals surface area contributed by atoms with E-state index in [4.69, 9.17) is 0 Å². The molecule has 0 saturated heterocycles. The maximum absolute atomic E-state index is 13.1. The second-order valence-electron chi connectivity index (χ2n) is 6.68. The smallest absolute Gasteiger partial charge is 0.372 e. The molecule has 142 valence electrons. The van der Waals surface area contributed by atoms with Crippen molar-refractivity contribution in [3.63, 3.8) is 0 Å². The summed E-state index contributed by atoms with van der Waals surface area (Å²) in [5.41, 5.74) is 6.88. The molecule has 2 aromatic rings. The first-order chi connectivity index (χ1) is 12.5. The minimum Gasteiger partial charge on any atom is -1.00 e. The molecule has 2 aromatic carbocycles. The predicted molar refractivity (Wildman–Crippen MR) is 104 cm³/mol. The van der Waals surface area contributed by atoms with E-state index in [1.807, 2.05) is 25.1 Å². The van der Waals surface area contributed by atoms with Gasteiger partial charge in [-0.25, -0.2) is 9.71 Å². The SMILES string of the molecule is C/C(=N\NC1=[NH+]C(C(C)C)C=C(c2ccccc2)N1)c1ccc(F)cc1.[Cl-]. The molecule has 1 unspecified atom stereocenters. The molecule has 0 aromatic heterocycles. The topological polar surface area (TPSA) is 50.4 Å². The molecule has 4 nitrogen and oxygen atoms in total. The molecule has 3 rings (SSSR count). The van der Waals surface area contributed by atoms with Crippen molar-refractivity contribution >= 4 is 17.4 Å². The summed E-state index contributed by atoms with van der Waals surface area (Å²) < 4.78 is 13.1. The zero-order valence-corrected chi connectivity index (χ0v) is 16.4. The van der Waals surface area contributed by atoms with Crippen LogP contribution in [-0.4, -0.2) is 17.7 Å². The Morgan fingerprint density at radius 2 is 1.78 bits per heavy atom. The van der Waals surface area contributed by atoms with Crippen molar-refractivity contribution in [2.75, 3.05) is 0 Å². The van der Waals surface area contributed by atoms with Crippen LogP contribution in [0.2, 0.25) is 0 Å². The Bertz CT molecular complexity index is 842. The third-order valence-electron chi connectivity index (χ3n) is 4.32. The van der Waals surface area contributed by atoms with Gasteiger partial charge >= 0.3 is 5.96 Å². The van der Waals surface area contributed by atoms with E-state index in [-0.39, 0.29) is 24.3 Å². The third-order valence-corrected chi connectivity index (χ3v) is 4.32. The molecule has 1 aliphatic heterocycles. The van der Waals surface area contributed by atoms with Crippen molar-refractivity contribution in [3.8, 4) is 0 Å². The number of nitrogens with zero attached hydrogens (tertiary/aromatic N) is 1. The Labute approximate surface area is 165 Å². The third kappa shape index (κ3) is 5.41. The van der Waals surface area contributed by atoms with Crippen molar-refractivity contribution in [1.29, 1.82) is 0 Å². The number of nitrogens with one attached hydrogen (secondary N) is 3. The summed E-state index contributed by atoms with van der Waals surface area (Å²) in [6.07, 6.45) is 2.20. The molecular formula is C21H24ClFN4. The average molecular weight is 387 g/mol. The van der Waals surface area contributed by atoms with Crippen LogP contribution in [-0.2, 0) is 0 Å². The maximum atomic E-state index is 13.1. The number of rotatable bonds is 4. The van der Waals surface area contributed by atoms with Gasteiger partial charge in [-0.15, -0.1) is 5.10 Å². The van der Waals surface area contributed by atoms with Crippen LogP contribution in [0.5, 0.6) is 0 Å². The number of halogens is 2. The molecule has 0 saturated carbocycles. The fraction of sp³-hybridized carbons (Fsp3) is 0.238. The van der Waals surface area contributed by atoms with Gasteiger partial charge in [0.15, 0.2) is 0 Å². The van der Waals surface area contributed by atoms with E-state index in [2.05, 4.69) is 52.9 Å². The molecule has 6 heteroatoms.